The minimum absolute atomic E-state index is 0.765. The lowest BCUT2D eigenvalue weighted by atomic mass is 9.77. The molecule has 164 valence electrons. The number of nitrogen functional groups attached to an aromatic ring is 1. The molecular formula is C29H43N. The van der Waals surface area contributed by atoms with Crippen molar-refractivity contribution in [2.75, 3.05) is 5.73 Å². The van der Waals surface area contributed by atoms with Gasteiger partial charge in [-0.05, 0) is 78.3 Å². The maximum absolute atomic E-state index is 5.98. The molecule has 2 N–H and O–H groups in total. The molecule has 0 bridgehead atoms. The zero-order valence-corrected chi connectivity index (χ0v) is 19.5. The van der Waals surface area contributed by atoms with Crippen molar-refractivity contribution in [3.63, 3.8) is 0 Å². The van der Waals surface area contributed by atoms with Crippen LogP contribution in [0.1, 0.15) is 108 Å². The highest BCUT2D eigenvalue weighted by Crippen LogP contribution is 2.38. The molecule has 1 saturated carbocycles. The summed E-state index contributed by atoms with van der Waals surface area (Å²) >= 11 is 0. The number of hydrogen-bond donors (Lipinski definition) is 1. The number of nitrogens with two attached hydrogens (primary N) is 1. The molecule has 1 heteroatoms. The Labute approximate surface area is 185 Å². The monoisotopic (exact) mass is 405 g/mol. The molecule has 0 spiro atoms. The van der Waals surface area contributed by atoms with Gasteiger partial charge < -0.3 is 5.73 Å². The smallest absolute Gasteiger partial charge is 0.0317 e. The fourth-order valence-corrected chi connectivity index (χ4v) is 5.30. The van der Waals surface area contributed by atoms with Crippen molar-refractivity contribution in [3.05, 3.63) is 53.6 Å². The third kappa shape index (κ3) is 6.62. The molecule has 0 saturated heterocycles. The van der Waals surface area contributed by atoms with Crippen LogP contribution < -0.4 is 5.73 Å². The molecule has 30 heavy (non-hydrogen) atoms. The molecule has 0 atom stereocenters. The molecule has 0 amide bonds. The molecule has 0 heterocycles. The van der Waals surface area contributed by atoms with Crippen molar-refractivity contribution >= 4 is 5.69 Å². The van der Waals surface area contributed by atoms with Crippen LogP contribution in [-0.2, 0) is 6.42 Å². The molecule has 0 aliphatic heterocycles. The predicted molar refractivity (Wildman–Crippen MR) is 133 cm³/mol. The largest absolute Gasteiger partial charge is 0.399 e. The first kappa shape index (κ1) is 22.9. The van der Waals surface area contributed by atoms with Crippen molar-refractivity contribution in [3.8, 4) is 11.1 Å². The zero-order valence-electron chi connectivity index (χ0n) is 19.5. The van der Waals surface area contributed by atoms with E-state index in [0.29, 0.717) is 0 Å². The molecule has 1 aliphatic rings. The molecule has 1 fully saturated rings. The Bertz CT molecular complexity index is 737. The van der Waals surface area contributed by atoms with E-state index >= 15 is 0 Å². The van der Waals surface area contributed by atoms with Gasteiger partial charge in [-0.2, -0.15) is 0 Å². The van der Waals surface area contributed by atoms with Crippen LogP contribution in [0.3, 0.4) is 0 Å². The lowest BCUT2D eigenvalue weighted by Gasteiger charge is -2.29. The van der Waals surface area contributed by atoms with E-state index in [0.717, 1.165) is 23.9 Å². The Morgan fingerprint density at radius 1 is 0.767 bits per heavy atom. The zero-order chi connectivity index (χ0) is 21.2. The van der Waals surface area contributed by atoms with E-state index in [4.69, 9.17) is 5.73 Å². The quantitative estimate of drug-likeness (QED) is 0.293. The summed E-state index contributed by atoms with van der Waals surface area (Å²) in [6.07, 6.45) is 18.1. The van der Waals surface area contributed by atoms with Crippen LogP contribution in [0.5, 0.6) is 0 Å². The van der Waals surface area contributed by atoms with Gasteiger partial charge >= 0.3 is 0 Å². The number of rotatable bonds is 11. The van der Waals surface area contributed by atoms with E-state index in [1.165, 1.54) is 93.7 Å². The van der Waals surface area contributed by atoms with Gasteiger partial charge in [-0.1, -0.05) is 95.5 Å². The van der Waals surface area contributed by atoms with Crippen molar-refractivity contribution in [1.29, 1.82) is 0 Å². The van der Waals surface area contributed by atoms with Crippen LogP contribution in [0.2, 0.25) is 0 Å². The lowest BCUT2D eigenvalue weighted by Crippen LogP contribution is -2.13. The van der Waals surface area contributed by atoms with E-state index in [1.807, 2.05) is 6.07 Å². The number of aryl methyl sites for hydroxylation is 1. The molecule has 2 aromatic rings. The minimum atomic E-state index is 0.765. The first-order valence-corrected chi connectivity index (χ1v) is 12.7. The van der Waals surface area contributed by atoms with Crippen molar-refractivity contribution < 1.29 is 0 Å². The second-order valence-corrected chi connectivity index (χ2v) is 9.52. The Kier molecular flexibility index (Phi) is 9.30. The molecule has 1 aliphatic carbocycles. The Morgan fingerprint density at radius 3 is 2.10 bits per heavy atom. The minimum Gasteiger partial charge on any atom is -0.399 e. The average Bonchev–Trinajstić information content (AvgIpc) is 2.79. The van der Waals surface area contributed by atoms with Gasteiger partial charge in [0.1, 0.15) is 0 Å². The van der Waals surface area contributed by atoms with E-state index in [1.54, 1.807) is 5.56 Å². The summed E-state index contributed by atoms with van der Waals surface area (Å²) in [5, 5.41) is 0. The first-order valence-electron chi connectivity index (χ1n) is 12.7. The SMILES string of the molecule is CCCCCCCCCC1CCC(c2ccc(-c3ccc(N)cc3CC)cc2)CC1. The first-order chi connectivity index (χ1) is 14.7. The average molecular weight is 406 g/mol. The van der Waals surface area contributed by atoms with E-state index in [9.17, 15) is 0 Å². The fourth-order valence-electron chi connectivity index (χ4n) is 5.30. The van der Waals surface area contributed by atoms with Gasteiger partial charge in [-0.25, -0.2) is 0 Å². The van der Waals surface area contributed by atoms with Gasteiger partial charge in [0.25, 0.3) is 0 Å². The Hall–Kier alpha value is -1.76. The van der Waals surface area contributed by atoms with Gasteiger partial charge in [0.15, 0.2) is 0 Å². The second kappa shape index (κ2) is 12.2. The topological polar surface area (TPSA) is 26.0 Å². The van der Waals surface area contributed by atoms with E-state index in [-0.39, 0.29) is 0 Å². The Balaban J connectivity index is 1.44. The van der Waals surface area contributed by atoms with Crippen LogP contribution in [0.4, 0.5) is 5.69 Å². The molecular weight excluding hydrogens is 362 g/mol. The van der Waals surface area contributed by atoms with Crippen LogP contribution in [0.15, 0.2) is 42.5 Å². The van der Waals surface area contributed by atoms with E-state index in [2.05, 4.69) is 50.2 Å². The van der Waals surface area contributed by atoms with Crippen molar-refractivity contribution in [1.82, 2.24) is 0 Å². The summed E-state index contributed by atoms with van der Waals surface area (Å²) in [5.41, 5.74) is 12.4. The third-order valence-corrected chi connectivity index (χ3v) is 7.27. The summed E-state index contributed by atoms with van der Waals surface area (Å²) in [5.74, 6) is 1.75. The number of unbranched alkanes of at least 4 members (excludes halogenated alkanes) is 6. The molecule has 1 nitrogen and oxygen atoms in total. The van der Waals surface area contributed by atoms with Crippen LogP contribution in [-0.4, -0.2) is 0 Å². The summed E-state index contributed by atoms with van der Waals surface area (Å²) in [6, 6.07) is 15.7. The third-order valence-electron chi connectivity index (χ3n) is 7.27. The van der Waals surface area contributed by atoms with Gasteiger partial charge in [0, 0.05) is 5.69 Å². The molecule has 0 radical (unpaired) electrons. The molecule has 0 unspecified atom stereocenters. The Morgan fingerprint density at radius 2 is 1.43 bits per heavy atom. The summed E-state index contributed by atoms with van der Waals surface area (Å²) in [7, 11) is 0. The summed E-state index contributed by atoms with van der Waals surface area (Å²) in [4.78, 5) is 0. The highest BCUT2D eigenvalue weighted by molar-refractivity contribution is 5.70. The van der Waals surface area contributed by atoms with Gasteiger partial charge in [-0.3, -0.25) is 0 Å². The standard InChI is InChI=1S/C29H43N/c1-3-5-6-7-8-9-10-11-23-12-14-25(15-13-23)26-16-18-27(19-17-26)29-21-20-28(30)22-24(29)4-2/h16-23,25H,3-15,30H2,1-2H3. The summed E-state index contributed by atoms with van der Waals surface area (Å²) in [6.45, 7) is 4.50. The van der Waals surface area contributed by atoms with Gasteiger partial charge in [0.05, 0.1) is 0 Å². The van der Waals surface area contributed by atoms with Crippen molar-refractivity contribution in [2.24, 2.45) is 5.92 Å². The van der Waals surface area contributed by atoms with Crippen LogP contribution in [0, 0.1) is 5.92 Å². The highest BCUT2D eigenvalue weighted by atomic mass is 14.5. The van der Waals surface area contributed by atoms with Gasteiger partial charge in [0.2, 0.25) is 0 Å². The summed E-state index contributed by atoms with van der Waals surface area (Å²) < 4.78 is 0. The van der Waals surface area contributed by atoms with Gasteiger partial charge in [-0.15, -0.1) is 0 Å². The van der Waals surface area contributed by atoms with E-state index < -0.39 is 0 Å². The molecule has 2 aromatic carbocycles. The number of hydrogen-bond acceptors (Lipinski definition) is 1. The highest BCUT2D eigenvalue weighted by Gasteiger charge is 2.22. The fraction of sp³-hybridized carbons (Fsp3) is 0.586. The maximum Gasteiger partial charge on any atom is 0.0317 e. The van der Waals surface area contributed by atoms with Crippen LogP contribution in [0.25, 0.3) is 11.1 Å². The molecule has 3 rings (SSSR count). The van der Waals surface area contributed by atoms with Crippen LogP contribution >= 0.6 is 0 Å². The predicted octanol–water partition coefficient (Wildman–Crippen LogP) is 8.91. The van der Waals surface area contributed by atoms with Crippen molar-refractivity contribution in [2.45, 2.75) is 103 Å². The maximum atomic E-state index is 5.98. The molecule has 0 aromatic heterocycles. The number of anilines is 1. The number of benzene rings is 2. The second-order valence-electron chi connectivity index (χ2n) is 9.52. The lowest BCUT2D eigenvalue weighted by molar-refractivity contribution is 0.302. The normalized spacial score (nSPS) is 19.1.